The standard InChI is InChI=1S/C15H12F2O/c1-9-3-5-13(15(17)7-9)12-6-4-11(16)8-14(12)10(2)18/h3-8H,1-2H3. The maximum atomic E-state index is 13.9. The van der Waals surface area contributed by atoms with Gasteiger partial charge in [0.1, 0.15) is 11.6 Å². The zero-order valence-electron chi connectivity index (χ0n) is 10.1. The maximum absolute atomic E-state index is 13.9. The van der Waals surface area contributed by atoms with Crippen molar-refractivity contribution in [3.8, 4) is 11.1 Å². The molecule has 92 valence electrons. The lowest BCUT2D eigenvalue weighted by Crippen LogP contribution is -1.98. The summed E-state index contributed by atoms with van der Waals surface area (Å²) < 4.78 is 27.0. The van der Waals surface area contributed by atoms with Crippen LogP contribution in [-0.4, -0.2) is 5.78 Å². The largest absolute Gasteiger partial charge is 0.294 e. The van der Waals surface area contributed by atoms with Gasteiger partial charge >= 0.3 is 0 Å². The molecule has 0 atom stereocenters. The second-order valence-electron chi connectivity index (χ2n) is 4.23. The van der Waals surface area contributed by atoms with Crippen LogP contribution in [0.3, 0.4) is 0 Å². The van der Waals surface area contributed by atoms with Crippen LogP contribution >= 0.6 is 0 Å². The number of halogens is 2. The van der Waals surface area contributed by atoms with E-state index in [1.807, 2.05) is 0 Å². The number of benzene rings is 2. The Balaban J connectivity index is 2.67. The van der Waals surface area contributed by atoms with E-state index in [1.54, 1.807) is 19.1 Å². The first kappa shape index (κ1) is 12.4. The Hall–Kier alpha value is -2.03. The van der Waals surface area contributed by atoms with Crippen molar-refractivity contribution in [1.82, 2.24) is 0 Å². The molecule has 0 bridgehead atoms. The minimum atomic E-state index is -0.503. The van der Waals surface area contributed by atoms with E-state index in [-0.39, 0.29) is 11.3 Å². The summed E-state index contributed by atoms with van der Waals surface area (Å²) in [6.07, 6.45) is 0. The quantitative estimate of drug-likeness (QED) is 0.728. The molecule has 0 aliphatic heterocycles. The van der Waals surface area contributed by atoms with Gasteiger partial charge in [-0.1, -0.05) is 18.2 Å². The van der Waals surface area contributed by atoms with Crippen molar-refractivity contribution in [2.45, 2.75) is 13.8 Å². The molecule has 0 spiro atoms. The number of carbonyl (C=O) groups is 1. The van der Waals surface area contributed by atoms with Gasteiger partial charge in [0.15, 0.2) is 5.78 Å². The molecule has 2 aromatic carbocycles. The molecule has 0 radical (unpaired) electrons. The Labute approximate surface area is 104 Å². The zero-order valence-corrected chi connectivity index (χ0v) is 10.1. The highest BCUT2D eigenvalue weighted by Crippen LogP contribution is 2.28. The molecule has 0 fully saturated rings. The highest BCUT2D eigenvalue weighted by molar-refractivity contribution is 6.00. The number of hydrogen-bond acceptors (Lipinski definition) is 1. The third kappa shape index (κ3) is 2.30. The minimum Gasteiger partial charge on any atom is -0.294 e. The van der Waals surface area contributed by atoms with E-state index >= 15 is 0 Å². The van der Waals surface area contributed by atoms with E-state index < -0.39 is 11.6 Å². The van der Waals surface area contributed by atoms with Gasteiger partial charge < -0.3 is 0 Å². The third-order valence-electron chi connectivity index (χ3n) is 2.78. The van der Waals surface area contributed by atoms with E-state index in [4.69, 9.17) is 0 Å². The van der Waals surface area contributed by atoms with E-state index in [2.05, 4.69) is 0 Å². The van der Waals surface area contributed by atoms with Crippen LogP contribution < -0.4 is 0 Å². The van der Waals surface area contributed by atoms with Crippen LogP contribution in [0.15, 0.2) is 36.4 Å². The molecule has 18 heavy (non-hydrogen) atoms. The van der Waals surface area contributed by atoms with Crippen molar-refractivity contribution >= 4 is 5.78 Å². The van der Waals surface area contributed by atoms with E-state index in [9.17, 15) is 13.6 Å². The van der Waals surface area contributed by atoms with Crippen molar-refractivity contribution in [3.63, 3.8) is 0 Å². The molecule has 0 saturated carbocycles. The van der Waals surface area contributed by atoms with Crippen LogP contribution in [0, 0.1) is 18.6 Å². The predicted molar refractivity (Wildman–Crippen MR) is 66.5 cm³/mol. The molecule has 0 N–H and O–H groups in total. The van der Waals surface area contributed by atoms with Crippen LogP contribution in [0.5, 0.6) is 0 Å². The van der Waals surface area contributed by atoms with Gasteiger partial charge in [0.2, 0.25) is 0 Å². The molecule has 0 aliphatic rings. The van der Waals surface area contributed by atoms with Gasteiger partial charge in [-0.05, 0) is 43.2 Å². The van der Waals surface area contributed by atoms with Gasteiger partial charge in [0.25, 0.3) is 0 Å². The van der Waals surface area contributed by atoms with E-state index in [0.717, 1.165) is 11.6 Å². The average molecular weight is 246 g/mol. The molecule has 2 aromatic rings. The third-order valence-corrected chi connectivity index (χ3v) is 2.78. The predicted octanol–water partition coefficient (Wildman–Crippen LogP) is 4.14. The summed E-state index contributed by atoms with van der Waals surface area (Å²) in [5, 5.41) is 0. The second-order valence-corrected chi connectivity index (χ2v) is 4.23. The van der Waals surface area contributed by atoms with Crippen molar-refractivity contribution < 1.29 is 13.6 Å². The highest BCUT2D eigenvalue weighted by Gasteiger charge is 2.13. The average Bonchev–Trinajstić information content (AvgIpc) is 2.29. The summed E-state index contributed by atoms with van der Waals surface area (Å²) in [6, 6.07) is 8.54. The molecular weight excluding hydrogens is 234 g/mol. The Kier molecular flexibility index (Phi) is 3.24. The monoisotopic (exact) mass is 246 g/mol. The van der Waals surface area contributed by atoms with Crippen molar-refractivity contribution in [3.05, 3.63) is 59.2 Å². The van der Waals surface area contributed by atoms with Crippen LogP contribution in [0.1, 0.15) is 22.8 Å². The summed E-state index contributed by atoms with van der Waals surface area (Å²) >= 11 is 0. The van der Waals surface area contributed by atoms with Gasteiger partial charge in [0, 0.05) is 11.1 Å². The summed E-state index contributed by atoms with van der Waals surface area (Å²) in [5.74, 6) is -1.20. The fourth-order valence-corrected chi connectivity index (χ4v) is 1.88. The van der Waals surface area contributed by atoms with Crippen LogP contribution in [0.25, 0.3) is 11.1 Å². The lowest BCUT2D eigenvalue weighted by atomic mass is 9.96. The lowest BCUT2D eigenvalue weighted by molar-refractivity contribution is 0.101. The first-order chi connectivity index (χ1) is 8.49. The van der Waals surface area contributed by atoms with Crippen molar-refractivity contribution in [2.75, 3.05) is 0 Å². The summed E-state index contributed by atoms with van der Waals surface area (Å²) in [5.41, 5.74) is 1.72. The Morgan fingerprint density at radius 3 is 2.28 bits per heavy atom. The molecule has 0 unspecified atom stereocenters. The van der Waals surface area contributed by atoms with Gasteiger partial charge in [-0.2, -0.15) is 0 Å². The van der Waals surface area contributed by atoms with Gasteiger partial charge in [-0.15, -0.1) is 0 Å². The number of Topliss-reactive ketones (excluding diaryl/α,β-unsaturated/α-hetero) is 1. The van der Waals surface area contributed by atoms with Gasteiger partial charge in [-0.3, -0.25) is 4.79 Å². The van der Waals surface area contributed by atoms with E-state index in [1.165, 1.54) is 25.1 Å². The summed E-state index contributed by atoms with van der Waals surface area (Å²) in [6.45, 7) is 3.12. The second kappa shape index (κ2) is 4.69. The van der Waals surface area contributed by atoms with Crippen LogP contribution in [0.2, 0.25) is 0 Å². The molecule has 2 rings (SSSR count). The smallest absolute Gasteiger partial charge is 0.160 e. The maximum Gasteiger partial charge on any atom is 0.160 e. The summed E-state index contributed by atoms with van der Waals surface area (Å²) in [4.78, 5) is 11.5. The molecule has 0 aliphatic carbocycles. The van der Waals surface area contributed by atoms with Gasteiger partial charge in [-0.25, -0.2) is 8.78 Å². The molecule has 0 heterocycles. The fraction of sp³-hybridized carbons (Fsp3) is 0.133. The van der Waals surface area contributed by atoms with E-state index in [0.29, 0.717) is 11.1 Å². The number of rotatable bonds is 2. The molecule has 0 saturated heterocycles. The number of ketones is 1. The molecule has 1 nitrogen and oxygen atoms in total. The molecule has 3 heteroatoms. The fourth-order valence-electron chi connectivity index (χ4n) is 1.88. The Morgan fingerprint density at radius 1 is 1.00 bits per heavy atom. The van der Waals surface area contributed by atoms with Crippen LogP contribution in [-0.2, 0) is 0 Å². The minimum absolute atomic E-state index is 0.192. The first-order valence-corrected chi connectivity index (χ1v) is 5.56. The number of aryl methyl sites for hydroxylation is 1. The number of hydrogen-bond donors (Lipinski definition) is 0. The topological polar surface area (TPSA) is 17.1 Å². The molecule has 0 aromatic heterocycles. The molecule has 0 amide bonds. The Morgan fingerprint density at radius 2 is 1.67 bits per heavy atom. The van der Waals surface area contributed by atoms with Crippen molar-refractivity contribution in [1.29, 1.82) is 0 Å². The lowest BCUT2D eigenvalue weighted by Gasteiger charge is -2.09. The Bertz CT molecular complexity index is 618. The SMILES string of the molecule is CC(=O)c1cc(F)ccc1-c1ccc(C)cc1F. The first-order valence-electron chi connectivity index (χ1n) is 5.56. The molecular formula is C15H12F2O. The zero-order chi connectivity index (χ0) is 13.3. The van der Waals surface area contributed by atoms with Gasteiger partial charge in [0.05, 0.1) is 0 Å². The van der Waals surface area contributed by atoms with Crippen LogP contribution in [0.4, 0.5) is 8.78 Å². The highest BCUT2D eigenvalue weighted by atomic mass is 19.1. The summed E-state index contributed by atoms with van der Waals surface area (Å²) in [7, 11) is 0. The number of carbonyl (C=O) groups excluding carboxylic acids is 1. The van der Waals surface area contributed by atoms with Crippen molar-refractivity contribution in [2.24, 2.45) is 0 Å². The normalized spacial score (nSPS) is 10.4.